The van der Waals surface area contributed by atoms with E-state index in [0.717, 1.165) is 47.1 Å². The highest BCUT2D eigenvalue weighted by molar-refractivity contribution is 5.75. The van der Waals surface area contributed by atoms with Crippen LogP contribution in [0.25, 0.3) is 0 Å². The molecule has 0 aromatic heterocycles. The summed E-state index contributed by atoms with van der Waals surface area (Å²) in [6, 6.07) is 24.3. The van der Waals surface area contributed by atoms with E-state index in [2.05, 4.69) is 28.4 Å². The summed E-state index contributed by atoms with van der Waals surface area (Å²) in [6.07, 6.45) is -0.0809. The van der Waals surface area contributed by atoms with E-state index in [0.29, 0.717) is 32.8 Å². The van der Waals surface area contributed by atoms with Gasteiger partial charge >= 0.3 is 5.97 Å². The van der Waals surface area contributed by atoms with Gasteiger partial charge in [0.1, 0.15) is 24.7 Å². The second kappa shape index (κ2) is 12.8. The van der Waals surface area contributed by atoms with Gasteiger partial charge in [-0.25, -0.2) is 4.79 Å². The minimum Gasteiger partial charge on any atom is -0.492 e. The Morgan fingerprint density at radius 3 is 2.53 bits per heavy atom. The Labute approximate surface area is 212 Å². The van der Waals surface area contributed by atoms with E-state index in [-0.39, 0.29) is 5.97 Å². The van der Waals surface area contributed by atoms with Crippen LogP contribution in [-0.2, 0) is 27.2 Å². The zero-order valence-corrected chi connectivity index (χ0v) is 20.9. The minimum absolute atomic E-state index is 0.346. The second-order valence-corrected chi connectivity index (χ2v) is 8.52. The number of methoxy groups -OCH3 is 1. The van der Waals surface area contributed by atoms with Crippen LogP contribution in [0.4, 0.5) is 11.4 Å². The van der Waals surface area contributed by atoms with Crippen molar-refractivity contribution in [2.75, 3.05) is 50.2 Å². The summed E-state index contributed by atoms with van der Waals surface area (Å²) in [7, 11) is 1.38. The lowest BCUT2D eigenvalue weighted by atomic mass is 10.1. The summed E-state index contributed by atoms with van der Waals surface area (Å²) in [5.74, 6) is 1.44. The maximum atomic E-state index is 11.9. The summed E-state index contributed by atoms with van der Waals surface area (Å²) in [6.45, 7) is 6.00. The predicted octanol–water partition coefficient (Wildman–Crippen LogP) is 4.70. The molecule has 1 N–H and O–H groups in total. The highest BCUT2D eigenvalue weighted by atomic mass is 16.6. The van der Waals surface area contributed by atoms with Crippen molar-refractivity contribution >= 4 is 17.3 Å². The summed E-state index contributed by atoms with van der Waals surface area (Å²) >= 11 is 0. The van der Waals surface area contributed by atoms with E-state index in [1.165, 1.54) is 7.11 Å². The van der Waals surface area contributed by atoms with E-state index in [1.807, 2.05) is 61.5 Å². The predicted molar refractivity (Wildman–Crippen MR) is 141 cm³/mol. The Balaban J connectivity index is 1.21. The number of carbonyl (C=O) groups excluding carboxylic acids is 1. The molecular weight excluding hydrogens is 456 g/mol. The van der Waals surface area contributed by atoms with Crippen LogP contribution in [0.2, 0.25) is 0 Å². The van der Waals surface area contributed by atoms with E-state index < -0.39 is 6.10 Å². The molecule has 0 amide bonds. The van der Waals surface area contributed by atoms with Gasteiger partial charge in [0.15, 0.2) is 6.10 Å². The third-order valence-electron chi connectivity index (χ3n) is 6.08. The van der Waals surface area contributed by atoms with Crippen LogP contribution >= 0.6 is 0 Å². The normalized spacial score (nSPS) is 13.3. The number of esters is 1. The molecule has 4 rings (SSSR count). The van der Waals surface area contributed by atoms with Crippen LogP contribution in [0, 0.1) is 0 Å². The summed E-state index contributed by atoms with van der Waals surface area (Å²) in [4.78, 5) is 14.2. The van der Waals surface area contributed by atoms with Gasteiger partial charge in [-0.15, -0.1) is 0 Å². The van der Waals surface area contributed by atoms with E-state index in [1.54, 1.807) is 0 Å². The molecule has 0 saturated heterocycles. The lowest BCUT2D eigenvalue weighted by Crippen LogP contribution is -2.35. The molecule has 3 aromatic rings. The van der Waals surface area contributed by atoms with Gasteiger partial charge < -0.3 is 29.2 Å². The van der Waals surface area contributed by atoms with Crippen molar-refractivity contribution in [2.24, 2.45) is 0 Å². The summed E-state index contributed by atoms with van der Waals surface area (Å²) in [5.41, 5.74) is 4.33. The number of ether oxygens (including phenoxy) is 4. The van der Waals surface area contributed by atoms with Gasteiger partial charge in [-0.05, 0) is 54.4 Å². The molecule has 190 valence electrons. The molecule has 7 nitrogen and oxygen atoms in total. The lowest BCUT2D eigenvalue weighted by molar-refractivity contribution is -0.153. The number of hydrogen-bond acceptors (Lipinski definition) is 7. The Morgan fingerprint density at radius 2 is 1.78 bits per heavy atom. The van der Waals surface area contributed by atoms with Crippen LogP contribution in [0.1, 0.15) is 18.1 Å². The molecule has 1 atom stereocenters. The van der Waals surface area contributed by atoms with Crippen molar-refractivity contribution in [1.82, 2.24) is 0 Å². The first-order valence-electron chi connectivity index (χ1n) is 12.4. The van der Waals surface area contributed by atoms with Crippen molar-refractivity contribution < 1.29 is 23.7 Å². The second-order valence-electron chi connectivity index (χ2n) is 8.52. The molecule has 0 fully saturated rings. The average molecular weight is 491 g/mol. The Kier molecular flexibility index (Phi) is 9.05. The van der Waals surface area contributed by atoms with Crippen LogP contribution in [-0.4, -0.2) is 52.1 Å². The molecule has 36 heavy (non-hydrogen) atoms. The Hall–Kier alpha value is -3.71. The fraction of sp³-hybridized carbons (Fsp3) is 0.345. The monoisotopic (exact) mass is 490 g/mol. The van der Waals surface area contributed by atoms with Gasteiger partial charge in [0, 0.05) is 25.3 Å². The molecule has 1 unspecified atom stereocenters. The van der Waals surface area contributed by atoms with Crippen LogP contribution in [0.5, 0.6) is 11.5 Å². The summed E-state index contributed by atoms with van der Waals surface area (Å²) < 4.78 is 22.0. The Bertz CT molecular complexity index is 1100. The SMILES string of the molecule is CCOC(Cc1ccc(CNc2ccc(OCCN3CCOc4ccccc43)cc2)cc1)C(=O)OC. The van der Waals surface area contributed by atoms with Gasteiger partial charge in [-0.3, -0.25) is 0 Å². The molecule has 0 spiro atoms. The topological polar surface area (TPSA) is 69.3 Å². The first kappa shape index (κ1) is 25.4. The highest BCUT2D eigenvalue weighted by Gasteiger charge is 2.20. The maximum absolute atomic E-state index is 11.9. The summed E-state index contributed by atoms with van der Waals surface area (Å²) in [5, 5.41) is 3.44. The van der Waals surface area contributed by atoms with E-state index >= 15 is 0 Å². The number of para-hydroxylation sites is 2. The van der Waals surface area contributed by atoms with Crippen LogP contribution in [0.3, 0.4) is 0 Å². The number of rotatable bonds is 12. The van der Waals surface area contributed by atoms with Gasteiger partial charge in [0.2, 0.25) is 0 Å². The zero-order chi connectivity index (χ0) is 25.2. The molecule has 3 aromatic carbocycles. The van der Waals surface area contributed by atoms with Crippen molar-refractivity contribution in [2.45, 2.75) is 26.0 Å². The zero-order valence-electron chi connectivity index (χ0n) is 20.9. The van der Waals surface area contributed by atoms with E-state index in [9.17, 15) is 4.79 Å². The smallest absolute Gasteiger partial charge is 0.335 e. The number of benzene rings is 3. The maximum Gasteiger partial charge on any atom is 0.335 e. The number of nitrogens with one attached hydrogen (secondary N) is 1. The van der Waals surface area contributed by atoms with Crippen LogP contribution in [0.15, 0.2) is 72.8 Å². The molecule has 7 heteroatoms. The Morgan fingerprint density at radius 1 is 1.03 bits per heavy atom. The molecule has 1 aliphatic rings. The van der Waals surface area contributed by atoms with Gasteiger partial charge in [0.25, 0.3) is 0 Å². The standard InChI is InChI=1S/C29H34N2O5/c1-3-34-28(29(32)33-2)20-22-8-10-23(11-9-22)21-30-24-12-14-25(15-13-24)35-18-16-31-17-19-36-27-7-5-4-6-26(27)31/h4-15,28,30H,3,16-21H2,1-2H3. The fourth-order valence-electron chi connectivity index (χ4n) is 4.16. The van der Waals surface area contributed by atoms with Crippen molar-refractivity contribution in [3.8, 4) is 11.5 Å². The van der Waals surface area contributed by atoms with Gasteiger partial charge in [0.05, 0.1) is 25.9 Å². The van der Waals surface area contributed by atoms with Crippen molar-refractivity contribution in [3.63, 3.8) is 0 Å². The molecule has 0 aliphatic carbocycles. The highest BCUT2D eigenvalue weighted by Crippen LogP contribution is 2.30. The molecule has 0 saturated carbocycles. The quantitative estimate of drug-likeness (QED) is 0.369. The number of carbonyl (C=O) groups is 1. The third kappa shape index (κ3) is 6.92. The molecular formula is C29H34N2O5. The molecule has 1 aliphatic heterocycles. The molecule has 1 heterocycles. The minimum atomic E-state index is -0.575. The van der Waals surface area contributed by atoms with Crippen LogP contribution < -0.4 is 19.7 Å². The van der Waals surface area contributed by atoms with Crippen molar-refractivity contribution in [1.29, 1.82) is 0 Å². The lowest BCUT2D eigenvalue weighted by Gasteiger charge is -2.31. The molecule has 0 radical (unpaired) electrons. The van der Waals surface area contributed by atoms with Crippen molar-refractivity contribution in [3.05, 3.63) is 83.9 Å². The fourth-order valence-corrected chi connectivity index (χ4v) is 4.16. The number of anilines is 2. The number of hydrogen-bond donors (Lipinski definition) is 1. The van der Waals surface area contributed by atoms with E-state index in [4.69, 9.17) is 18.9 Å². The number of nitrogens with zero attached hydrogens (tertiary/aromatic N) is 1. The average Bonchev–Trinajstić information content (AvgIpc) is 2.93. The first-order valence-corrected chi connectivity index (χ1v) is 12.4. The largest absolute Gasteiger partial charge is 0.492 e. The third-order valence-corrected chi connectivity index (χ3v) is 6.08. The molecule has 0 bridgehead atoms. The van der Waals surface area contributed by atoms with Gasteiger partial charge in [-0.2, -0.15) is 0 Å². The van der Waals surface area contributed by atoms with Gasteiger partial charge in [-0.1, -0.05) is 36.4 Å². The number of fused-ring (bicyclic) bond motifs is 1. The first-order chi connectivity index (χ1) is 17.7.